The number of benzene rings is 6. The molecule has 0 saturated carbocycles. The number of carbonyl (C=O) groups excluding carboxylic acids is 1. The van der Waals surface area contributed by atoms with Gasteiger partial charge in [-0.05, 0) is 55.8 Å². The fraction of sp³-hybridized carbons (Fsp3) is 0.163. The summed E-state index contributed by atoms with van der Waals surface area (Å²) in [4.78, 5) is 18.6. The molecule has 288 valence electrons. The van der Waals surface area contributed by atoms with Crippen LogP contribution in [0.5, 0.6) is 0 Å². The van der Waals surface area contributed by atoms with Crippen molar-refractivity contribution in [1.29, 1.82) is 0 Å². The van der Waals surface area contributed by atoms with Crippen molar-refractivity contribution >= 4 is 11.8 Å². The van der Waals surface area contributed by atoms with Crippen molar-refractivity contribution in [2.24, 2.45) is 0 Å². The molecule has 58 heavy (non-hydrogen) atoms. The zero-order valence-electron chi connectivity index (χ0n) is 32.7. The third-order valence-electron chi connectivity index (χ3n) is 10.6. The Labute approximate surface area is 339 Å². The lowest BCUT2D eigenvalue weighted by Gasteiger charge is -2.36. The third-order valence-corrected chi connectivity index (χ3v) is 10.6. The quantitative estimate of drug-likeness (QED) is 0.0820. The second-order valence-electron chi connectivity index (χ2n) is 14.2. The van der Waals surface area contributed by atoms with Crippen LogP contribution in [0.15, 0.2) is 170 Å². The Hall–Kier alpha value is -7.13. The molecular formula is C49H45N7O2. The van der Waals surface area contributed by atoms with E-state index >= 15 is 0 Å². The zero-order valence-corrected chi connectivity index (χ0v) is 32.7. The molecule has 6 aromatic carbocycles. The molecule has 8 aromatic rings. The number of rotatable bonds is 15. The van der Waals surface area contributed by atoms with Crippen LogP contribution in [0, 0.1) is 0 Å². The van der Waals surface area contributed by atoms with Gasteiger partial charge in [-0.3, -0.25) is 0 Å². The highest BCUT2D eigenvalue weighted by molar-refractivity contribution is 5.93. The van der Waals surface area contributed by atoms with E-state index in [1.54, 1.807) is 7.05 Å². The summed E-state index contributed by atoms with van der Waals surface area (Å²) in [6, 6.07) is 57.7. The van der Waals surface area contributed by atoms with Gasteiger partial charge in [-0.25, -0.2) is 14.5 Å². The van der Waals surface area contributed by atoms with Gasteiger partial charge in [0.15, 0.2) is 17.3 Å². The molecule has 2 heterocycles. The first-order valence-corrected chi connectivity index (χ1v) is 19.7. The van der Waals surface area contributed by atoms with E-state index in [4.69, 9.17) is 20.0 Å². The summed E-state index contributed by atoms with van der Waals surface area (Å²) in [5.41, 5.74) is 7.48. The number of aromatic nitrogens is 6. The average molecular weight is 764 g/mol. The zero-order chi connectivity index (χ0) is 39.7. The highest BCUT2D eigenvalue weighted by Crippen LogP contribution is 2.43. The fourth-order valence-corrected chi connectivity index (χ4v) is 7.76. The number of hydrogen-bond donors (Lipinski definition) is 1. The highest BCUT2D eigenvalue weighted by Gasteiger charge is 2.42. The van der Waals surface area contributed by atoms with Crippen molar-refractivity contribution in [3.05, 3.63) is 209 Å². The SMILES string of the molecule is CCCCc1nc(NC)c(C(=O)OCc2ccccc2)n1Cc1ccc(-c2ccccc2-c2nnnn2C(c2ccccc2)(c2ccccc2)c2ccccc2)cc1. The highest BCUT2D eigenvalue weighted by atomic mass is 16.5. The Kier molecular flexibility index (Phi) is 11.3. The molecular weight excluding hydrogens is 719 g/mol. The Morgan fingerprint density at radius 3 is 1.79 bits per heavy atom. The Morgan fingerprint density at radius 1 is 0.672 bits per heavy atom. The van der Waals surface area contributed by atoms with Gasteiger partial charge in [0, 0.05) is 25.6 Å². The Balaban J connectivity index is 1.17. The topological polar surface area (TPSA) is 99.8 Å². The average Bonchev–Trinajstić information content (AvgIpc) is 3.92. The normalized spacial score (nSPS) is 11.3. The number of imidazole rings is 1. The summed E-state index contributed by atoms with van der Waals surface area (Å²) < 4.78 is 9.81. The van der Waals surface area contributed by atoms with Crippen LogP contribution >= 0.6 is 0 Å². The number of tetrazole rings is 1. The van der Waals surface area contributed by atoms with E-state index in [0.29, 0.717) is 23.9 Å². The van der Waals surface area contributed by atoms with E-state index in [2.05, 4.69) is 127 Å². The van der Waals surface area contributed by atoms with E-state index < -0.39 is 11.5 Å². The van der Waals surface area contributed by atoms with Crippen molar-refractivity contribution in [2.75, 3.05) is 12.4 Å². The van der Waals surface area contributed by atoms with Crippen LogP contribution < -0.4 is 5.32 Å². The van der Waals surface area contributed by atoms with E-state index in [-0.39, 0.29) is 6.61 Å². The summed E-state index contributed by atoms with van der Waals surface area (Å²) in [5.74, 6) is 1.58. The Bertz CT molecular complexity index is 2470. The van der Waals surface area contributed by atoms with Gasteiger partial charge >= 0.3 is 5.97 Å². The molecule has 8 rings (SSSR count). The lowest BCUT2D eigenvalue weighted by Crippen LogP contribution is -2.39. The van der Waals surface area contributed by atoms with E-state index in [9.17, 15) is 4.79 Å². The van der Waals surface area contributed by atoms with E-state index in [0.717, 1.165) is 69.6 Å². The van der Waals surface area contributed by atoms with Gasteiger partial charge in [-0.15, -0.1) is 5.10 Å². The van der Waals surface area contributed by atoms with Crippen molar-refractivity contribution in [2.45, 2.75) is 44.9 Å². The van der Waals surface area contributed by atoms with Gasteiger partial charge in [0.25, 0.3) is 0 Å². The lowest BCUT2D eigenvalue weighted by molar-refractivity contribution is 0.0461. The molecule has 2 aromatic heterocycles. The van der Waals surface area contributed by atoms with Crippen LogP contribution in [0.3, 0.4) is 0 Å². The van der Waals surface area contributed by atoms with Crippen molar-refractivity contribution in [1.82, 2.24) is 29.8 Å². The maximum absolute atomic E-state index is 13.7. The molecule has 0 atom stereocenters. The van der Waals surface area contributed by atoms with Crippen molar-refractivity contribution < 1.29 is 9.53 Å². The number of hydrogen-bond acceptors (Lipinski definition) is 7. The minimum absolute atomic E-state index is 0.179. The first-order valence-electron chi connectivity index (χ1n) is 19.7. The second kappa shape index (κ2) is 17.3. The number of aryl methyl sites for hydroxylation is 1. The first-order chi connectivity index (χ1) is 28.6. The molecule has 0 spiro atoms. The number of carbonyl (C=O) groups is 1. The maximum Gasteiger partial charge on any atom is 0.359 e. The number of nitrogens with zero attached hydrogens (tertiary/aromatic N) is 6. The van der Waals surface area contributed by atoms with E-state index in [1.807, 2.05) is 69.9 Å². The molecule has 1 N–H and O–H groups in total. The maximum atomic E-state index is 13.7. The smallest absolute Gasteiger partial charge is 0.359 e. The van der Waals surface area contributed by atoms with Crippen LogP contribution in [0.2, 0.25) is 0 Å². The molecule has 0 saturated heterocycles. The molecule has 0 radical (unpaired) electrons. The summed E-state index contributed by atoms with van der Waals surface area (Å²) in [6.45, 7) is 2.79. The van der Waals surface area contributed by atoms with E-state index in [1.165, 1.54) is 0 Å². The Morgan fingerprint density at radius 2 is 1.22 bits per heavy atom. The summed E-state index contributed by atoms with van der Waals surface area (Å²) >= 11 is 0. The van der Waals surface area contributed by atoms with Gasteiger partial charge in [0.1, 0.15) is 18.0 Å². The predicted octanol–water partition coefficient (Wildman–Crippen LogP) is 9.83. The third kappa shape index (κ3) is 7.42. The molecule has 0 aliphatic rings. The lowest BCUT2D eigenvalue weighted by atomic mass is 9.77. The second-order valence-corrected chi connectivity index (χ2v) is 14.2. The standard InChI is InChI=1S/C49H45N7O2/c1-3-4-29-44-51-46(50-2)45(48(57)58-35-37-19-9-5-10-20-37)55(44)34-36-30-32-38(33-31-36)42-27-17-18-28-43(42)47-52-53-54-56(47)49(39-21-11-6-12-22-39,40-23-13-7-14-24-40)41-25-15-8-16-26-41/h5-28,30-33,50H,3-4,29,34-35H2,1-2H3. The molecule has 9 heteroatoms. The summed E-state index contributed by atoms with van der Waals surface area (Å²) in [6.07, 6.45) is 2.71. The number of nitrogens with one attached hydrogen (secondary N) is 1. The predicted molar refractivity (Wildman–Crippen MR) is 228 cm³/mol. The molecule has 0 fully saturated rings. The van der Waals surface area contributed by atoms with Gasteiger partial charge in [0.05, 0.1) is 0 Å². The number of esters is 1. The molecule has 0 bridgehead atoms. The molecule has 9 nitrogen and oxygen atoms in total. The van der Waals surface area contributed by atoms with Crippen LogP contribution in [-0.2, 0) is 29.8 Å². The van der Waals surface area contributed by atoms with Crippen molar-refractivity contribution in [3.63, 3.8) is 0 Å². The minimum atomic E-state index is -0.883. The van der Waals surface area contributed by atoms with Crippen LogP contribution in [0.1, 0.15) is 63.9 Å². The molecule has 0 aliphatic carbocycles. The summed E-state index contributed by atoms with van der Waals surface area (Å²) in [7, 11) is 1.79. The van der Waals surface area contributed by atoms with Crippen LogP contribution in [0.25, 0.3) is 22.5 Å². The monoisotopic (exact) mass is 763 g/mol. The molecule has 0 aliphatic heterocycles. The largest absolute Gasteiger partial charge is 0.456 e. The summed E-state index contributed by atoms with van der Waals surface area (Å²) in [5, 5.41) is 17.0. The number of anilines is 1. The van der Waals surface area contributed by atoms with Crippen molar-refractivity contribution in [3.8, 4) is 22.5 Å². The minimum Gasteiger partial charge on any atom is -0.456 e. The molecule has 0 amide bonds. The first kappa shape index (κ1) is 37.8. The fourth-order valence-electron chi connectivity index (χ4n) is 7.76. The van der Waals surface area contributed by atoms with Gasteiger partial charge in [-0.1, -0.05) is 183 Å². The molecule has 0 unspecified atom stereocenters. The number of unbranched alkanes of at least 4 members (excludes halogenated alkanes) is 1. The van der Waals surface area contributed by atoms with Crippen LogP contribution in [-0.4, -0.2) is 42.8 Å². The number of ether oxygens (including phenoxy) is 1. The van der Waals surface area contributed by atoms with Gasteiger partial charge < -0.3 is 14.6 Å². The van der Waals surface area contributed by atoms with Gasteiger partial charge in [-0.2, -0.15) is 0 Å². The van der Waals surface area contributed by atoms with Crippen LogP contribution in [0.4, 0.5) is 5.82 Å². The van der Waals surface area contributed by atoms with Gasteiger partial charge in [0.2, 0.25) is 0 Å².